The van der Waals surface area contributed by atoms with Crippen molar-refractivity contribution in [1.29, 1.82) is 0 Å². The quantitative estimate of drug-likeness (QED) is 0.507. The van der Waals surface area contributed by atoms with Crippen molar-refractivity contribution in [2.45, 2.75) is 50.4 Å². The van der Waals surface area contributed by atoms with Crippen molar-refractivity contribution in [1.82, 2.24) is 20.1 Å². The van der Waals surface area contributed by atoms with Gasteiger partial charge in [-0.25, -0.2) is 4.79 Å². The van der Waals surface area contributed by atoms with Gasteiger partial charge in [-0.15, -0.1) is 21.5 Å². The minimum absolute atomic E-state index is 0.00643. The van der Waals surface area contributed by atoms with Gasteiger partial charge in [-0.05, 0) is 30.2 Å². The molecule has 0 aromatic carbocycles. The number of esters is 1. The van der Waals surface area contributed by atoms with Crippen molar-refractivity contribution < 1.29 is 14.3 Å². The van der Waals surface area contributed by atoms with Gasteiger partial charge in [-0.3, -0.25) is 9.36 Å². The highest BCUT2D eigenvalue weighted by atomic mass is 32.2. The monoisotopic (exact) mass is 408 g/mol. The number of ether oxygens (including phenoxy) is 1. The molecular formula is C18H24N4O3S2. The third kappa shape index (κ3) is 4.70. The lowest BCUT2D eigenvalue weighted by Crippen LogP contribution is -2.46. The second-order valence-electron chi connectivity index (χ2n) is 6.63. The van der Waals surface area contributed by atoms with E-state index >= 15 is 0 Å². The fraction of sp³-hybridized carbons (Fsp3) is 0.556. The minimum atomic E-state index is -0.629. The van der Waals surface area contributed by atoms with Crippen LogP contribution in [0.5, 0.6) is 0 Å². The Morgan fingerprint density at radius 2 is 2.22 bits per heavy atom. The number of aromatic nitrogens is 3. The highest BCUT2D eigenvalue weighted by molar-refractivity contribution is 7.99. The Hall–Kier alpha value is -1.87. The van der Waals surface area contributed by atoms with Gasteiger partial charge < -0.3 is 10.1 Å². The van der Waals surface area contributed by atoms with Crippen molar-refractivity contribution in [3.05, 3.63) is 17.5 Å². The van der Waals surface area contributed by atoms with E-state index < -0.39 is 12.0 Å². The van der Waals surface area contributed by atoms with E-state index in [-0.39, 0.29) is 17.6 Å². The summed E-state index contributed by atoms with van der Waals surface area (Å²) >= 11 is 2.98. The molecule has 9 heteroatoms. The van der Waals surface area contributed by atoms with Crippen LogP contribution in [0.3, 0.4) is 0 Å². The predicted octanol–water partition coefficient (Wildman–Crippen LogP) is 3.14. The third-order valence-electron chi connectivity index (χ3n) is 4.64. The maximum absolute atomic E-state index is 12.4. The highest BCUT2D eigenvalue weighted by Gasteiger charge is 2.31. The first-order chi connectivity index (χ1) is 13.0. The number of amides is 1. The van der Waals surface area contributed by atoms with Gasteiger partial charge in [0, 0.05) is 6.04 Å². The molecule has 3 rings (SSSR count). The van der Waals surface area contributed by atoms with Gasteiger partial charge >= 0.3 is 5.97 Å². The molecule has 0 aliphatic heterocycles. The van der Waals surface area contributed by atoms with Crippen molar-refractivity contribution >= 4 is 35.0 Å². The molecule has 1 saturated carbocycles. The van der Waals surface area contributed by atoms with E-state index in [1.54, 1.807) is 11.3 Å². The van der Waals surface area contributed by atoms with Crippen LogP contribution in [0.2, 0.25) is 0 Å². The van der Waals surface area contributed by atoms with Gasteiger partial charge in [0.05, 0.1) is 17.7 Å². The molecule has 2 aromatic heterocycles. The summed E-state index contributed by atoms with van der Waals surface area (Å²) in [5.74, 6) is 0.427. The average Bonchev–Trinajstić information content (AvgIpc) is 3.20. The smallest absolute Gasteiger partial charge is 0.328 e. The van der Waals surface area contributed by atoms with Crippen molar-refractivity contribution in [2.75, 3.05) is 12.9 Å². The molecule has 146 valence electrons. The topological polar surface area (TPSA) is 86.1 Å². The number of hydrogen-bond donors (Lipinski definition) is 1. The van der Waals surface area contributed by atoms with Gasteiger partial charge in [0.1, 0.15) is 6.04 Å². The summed E-state index contributed by atoms with van der Waals surface area (Å²) in [5, 5.41) is 14.2. The van der Waals surface area contributed by atoms with E-state index in [1.807, 2.05) is 31.4 Å². The number of hydrogen-bond acceptors (Lipinski definition) is 7. The maximum atomic E-state index is 12.4. The molecule has 0 unspecified atom stereocenters. The first kappa shape index (κ1) is 19.9. The first-order valence-corrected chi connectivity index (χ1v) is 10.9. The SMILES string of the molecule is CC[C@H](C)[C@H](NC(=O)CSc1nnc(-c2cccs2)n1C1CC1)C(=O)OC. The van der Waals surface area contributed by atoms with E-state index in [2.05, 4.69) is 20.1 Å². The second kappa shape index (κ2) is 8.88. The van der Waals surface area contributed by atoms with E-state index in [0.717, 1.165) is 35.1 Å². The standard InChI is InChI=1S/C18H24N4O3S2/c1-4-11(2)15(17(24)25-3)19-14(23)10-27-18-21-20-16(13-6-5-9-26-13)22(18)12-7-8-12/h5-6,9,11-12,15H,4,7-8,10H2,1-3H3,(H,19,23)/t11-,15-/m0/s1. The number of nitrogens with zero attached hydrogens (tertiary/aromatic N) is 3. The van der Waals surface area contributed by atoms with Gasteiger partial charge in [0.2, 0.25) is 5.91 Å². The molecule has 1 aliphatic carbocycles. The molecule has 1 aliphatic rings. The number of nitrogens with one attached hydrogen (secondary N) is 1. The average molecular weight is 409 g/mol. The summed E-state index contributed by atoms with van der Waals surface area (Å²) in [6, 6.07) is 3.80. The Morgan fingerprint density at radius 1 is 1.44 bits per heavy atom. The lowest BCUT2D eigenvalue weighted by Gasteiger charge is -2.21. The summed E-state index contributed by atoms with van der Waals surface area (Å²) in [6.45, 7) is 3.90. The van der Waals surface area contributed by atoms with E-state index in [1.165, 1.54) is 18.9 Å². The molecule has 1 amide bonds. The van der Waals surface area contributed by atoms with Gasteiger partial charge in [0.15, 0.2) is 11.0 Å². The molecule has 2 aromatic rings. The summed E-state index contributed by atoms with van der Waals surface area (Å²) in [7, 11) is 1.34. The number of thioether (sulfide) groups is 1. The van der Waals surface area contributed by atoms with Crippen LogP contribution >= 0.6 is 23.1 Å². The van der Waals surface area contributed by atoms with Crippen LogP contribution in [0.4, 0.5) is 0 Å². The van der Waals surface area contributed by atoms with E-state index in [9.17, 15) is 9.59 Å². The van der Waals surface area contributed by atoms with Crippen molar-refractivity contribution in [2.24, 2.45) is 5.92 Å². The zero-order valence-corrected chi connectivity index (χ0v) is 17.3. The molecule has 27 heavy (non-hydrogen) atoms. The highest BCUT2D eigenvalue weighted by Crippen LogP contribution is 2.41. The Morgan fingerprint density at radius 3 is 2.81 bits per heavy atom. The maximum Gasteiger partial charge on any atom is 0.328 e. The number of carbonyl (C=O) groups excluding carboxylic acids is 2. The molecule has 1 fully saturated rings. The molecular weight excluding hydrogens is 384 g/mol. The molecule has 0 radical (unpaired) electrons. The molecule has 0 bridgehead atoms. The van der Waals surface area contributed by atoms with E-state index in [4.69, 9.17) is 4.74 Å². The number of carbonyl (C=O) groups is 2. The molecule has 2 atom stereocenters. The first-order valence-electron chi connectivity index (χ1n) is 9.03. The Bertz CT molecular complexity index is 787. The predicted molar refractivity (Wildman–Crippen MR) is 106 cm³/mol. The van der Waals surface area contributed by atoms with Crippen molar-refractivity contribution in [3.8, 4) is 10.7 Å². The van der Waals surface area contributed by atoms with Crippen LogP contribution < -0.4 is 5.32 Å². The van der Waals surface area contributed by atoms with Crippen LogP contribution in [0.15, 0.2) is 22.7 Å². The summed E-state index contributed by atoms with van der Waals surface area (Å²) in [4.78, 5) is 25.4. The van der Waals surface area contributed by atoms with Gasteiger partial charge in [-0.1, -0.05) is 38.1 Å². The largest absolute Gasteiger partial charge is 0.467 e. The van der Waals surface area contributed by atoms with Crippen LogP contribution in [-0.2, 0) is 14.3 Å². The second-order valence-corrected chi connectivity index (χ2v) is 8.52. The molecule has 7 nitrogen and oxygen atoms in total. The summed E-state index contributed by atoms with van der Waals surface area (Å²) in [6.07, 6.45) is 2.98. The van der Waals surface area contributed by atoms with E-state index in [0.29, 0.717) is 6.04 Å². The van der Waals surface area contributed by atoms with Crippen LogP contribution in [0.1, 0.15) is 39.2 Å². The Labute approximate surface area is 166 Å². The zero-order chi connectivity index (χ0) is 19.4. The van der Waals surface area contributed by atoms with Gasteiger partial charge in [-0.2, -0.15) is 0 Å². The number of thiophene rings is 1. The molecule has 0 spiro atoms. The zero-order valence-electron chi connectivity index (χ0n) is 15.7. The molecule has 2 heterocycles. The van der Waals surface area contributed by atoms with Crippen LogP contribution in [-0.4, -0.2) is 45.5 Å². The lowest BCUT2D eigenvalue weighted by atomic mass is 9.99. The Balaban J connectivity index is 1.66. The summed E-state index contributed by atoms with van der Waals surface area (Å²) in [5.41, 5.74) is 0. The lowest BCUT2D eigenvalue weighted by molar-refractivity contribution is -0.146. The van der Waals surface area contributed by atoms with Gasteiger partial charge in [0.25, 0.3) is 0 Å². The van der Waals surface area contributed by atoms with Crippen LogP contribution in [0, 0.1) is 5.92 Å². The fourth-order valence-electron chi connectivity index (χ4n) is 2.75. The Kier molecular flexibility index (Phi) is 6.54. The number of methoxy groups -OCH3 is 1. The minimum Gasteiger partial charge on any atom is -0.467 e. The molecule has 0 saturated heterocycles. The molecule has 1 N–H and O–H groups in total. The van der Waals surface area contributed by atoms with Crippen LogP contribution in [0.25, 0.3) is 10.7 Å². The number of rotatable bonds is 9. The summed E-state index contributed by atoms with van der Waals surface area (Å²) < 4.78 is 6.95. The van der Waals surface area contributed by atoms with Crippen molar-refractivity contribution in [3.63, 3.8) is 0 Å². The fourth-order valence-corrected chi connectivity index (χ4v) is 4.27. The normalized spacial score (nSPS) is 16.0. The third-order valence-corrected chi connectivity index (χ3v) is 6.44.